The molecule has 3 N–H and O–H groups in total. The Hall–Kier alpha value is -0.870. The number of nitrogens with two attached hydrogens (primary N) is 1. The summed E-state index contributed by atoms with van der Waals surface area (Å²) in [4.78, 5) is 2.44. The molecule has 0 bridgehead atoms. The largest absolute Gasteiger partial charge is 0.387 e. The maximum atomic E-state index is 7.66. The maximum absolute atomic E-state index is 7.66. The summed E-state index contributed by atoms with van der Waals surface area (Å²) < 4.78 is 1.17. The Bertz CT molecular complexity index is 436. The summed E-state index contributed by atoms with van der Waals surface area (Å²) in [7, 11) is 0. The van der Waals surface area contributed by atoms with E-state index in [0.29, 0.717) is 5.84 Å². The molecule has 1 aromatic carbocycles. The highest BCUT2D eigenvalue weighted by atomic mass is 79.9. The number of hydrogen-bond donors (Lipinski definition) is 2. The van der Waals surface area contributed by atoms with E-state index in [2.05, 4.69) is 46.0 Å². The molecule has 4 heteroatoms. The van der Waals surface area contributed by atoms with E-state index < -0.39 is 0 Å². The fraction of sp³-hybridized carbons (Fsp3) is 0.500. The van der Waals surface area contributed by atoms with Crippen LogP contribution in [0.25, 0.3) is 0 Å². The number of nitrogens with zero attached hydrogens (tertiary/aromatic N) is 1. The minimum absolute atomic E-state index is 0.0928. The van der Waals surface area contributed by atoms with Crippen LogP contribution in [0.1, 0.15) is 25.3 Å². The quantitative estimate of drug-likeness (QED) is 0.666. The molecule has 0 aromatic heterocycles. The van der Waals surface area contributed by atoms with Crippen LogP contribution in [-0.2, 0) is 6.54 Å². The summed E-state index contributed by atoms with van der Waals surface area (Å²) in [5, 5.41) is 7.66. The highest BCUT2D eigenvalue weighted by Gasteiger charge is 2.32. The lowest BCUT2D eigenvalue weighted by atomic mass is 9.79. The van der Waals surface area contributed by atoms with Crippen LogP contribution < -0.4 is 5.73 Å². The van der Waals surface area contributed by atoms with Crippen molar-refractivity contribution in [3.05, 3.63) is 34.3 Å². The van der Waals surface area contributed by atoms with E-state index in [1.165, 1.54) is 10.0 Å². The van der Waals surface area contributed by atoms with Crippen molar-refractivity contribution in [3.8, 4) is 0 Å². The van der Waals surface area contributed by atoms with Gasteiger partial charge < -0.3 is 5.73 Å². The van der Waals surface area contributed by atoms with E-state index >= 15 is 0 Å². The Morgan fingerprint density at radius 1 is 1.39 bits per heavy atom. The molecule has 2 rings (SSSR count). The molecule has 3 nitrogen and oxygen atoms in total. The molecule has 1 heterocycles. The van der Waals surface area contributed by atoms with Crippen molar-refractivity contribution in [3.63, 3.8) is 0 Å². The van der Waals surface area contributed by atoms with E-state index in [1.807, 2.05) is 6.07 Å². The zero-order chi connectivity index (χ0) is 13.2. The molecule has 0 spiro atoms. The molecule has 1 fully saturated rings. The molecule has 0 unspecified atom stereocenters. The maximum Gasteiger partial charge on any atom is 0.0966 e. The van der Waals surface area contributed by atoms with Crippen LogP contribution in [-0.4, -0.2) is 23.8 Å². The van der Waals surface area contributed by atoms with Crippen LogP contribution in [0, 0.1) is 10.8 Å². The number of likely N-dealkylation sites (tertiary alicyclic amines) is 1. The molecular formula is C14H20BrN3. The van der Waals surface area contributed by atoms with E-state index in [-0.39, 0.29) is 5.41 Å². The van der Waals surface area contributed by atoms with E-state index in [9.17, 15) is 0 Å². The first-order valence-electron chi connectivity index (χ1n) is 6.31. The van der Waals surface area contributed by atoms with Gasteiger partial charge in [-0.2, -0.15) is 0 Å². The first-order chi connectivity index (χ1) is 8.51. The third-order valence-corrected chi connectivity index (χ3v) is 4.74. The molecule has 18 heavy (non-hydrogen) atoms. The second-order valence-electron chi connectivity index (χ2n) is 5.34. The van der Waals surface area contributed by atoms with Crippen LogP contribution in [0.4, 0.5) is 0 Å². The normalized spacial score (nSPS) is 19.7. The first kappa shape index (κ1) is 13.6. The SMILES string of the molecule is CC1(C(=N)N)CCN(Cc2ccccc2Br)CC1. The number of piperidine rings is 1. The number of nitrogens with one attached hydrogen (secondary N) is 1. The fourth-order valence-electron chi connectivity index (χ4n) is 2.34. The second-order valence-corrected chi connectivity index (χ2v) is 6.20. The molecule has 1 aliphatic rings. The van der Waals surface area contributed by atoms with Gasteiger partial charge in [0, 0.05) is 16.4 Å². The predicted octanol–water partition coefficient (Wildman–Crippen LogP) is 2.99. The molecule has 0 radical (unpaired) electrons. The lowest BCUT2D eigenvalue weighted by Gasteiger charge is -2.38. The fourth-order valence-corrected chi connectivity index (χ4v) is 2.75. The zero-order valence-corrected chi connectivity index (χ0v) is 12.3. The smallest absolute Gasteiger partial charge is 0.0966 e. The standard InChI is InChI=1S/C14H20BrN3/c1-14(13(16)17)6-8-18(9-7-14)10-11-4-2-3-5-12(11)15/h2-5H,6-10H2,1H3,(H3,16,17). The number of amidine groups is 1. The van der Waals surface area contributed by atoms with E-state index in [4.69, 9.17) is 11.1 Å². The summed E-state index contributed by atoms with van der Waals surface area (Å²) in [6.07, 6.45) is 1.96. The third kappa shape index (κ3) is 2.93. The minimum atomic E-state index is -0.0928. The minimum Gasteiger partial charge on any atom is -0.387 e. The molecular weight excluding hydrogens is 290 g/mol. The van der Waals surface area contributed by atoms with Crippen LogP contribution in [0.3, 0.4) is 0 Å². The molecule has 0 saturated carbocycles. The van der Waals surface area contributed by atoms with Gasteiger partial charge in [-0.25, -0.2) is 0 Å². The summed E-state index contributed by atoms with van der Waals surface area (Å²) >= 11 is 3.59. The van der Waals surface area contributed by atoms with Gasteiger partial charge in [0.05, 0.1) is 5.84 Å². The van der Waals surface area contributed by atoms with Gasteiger partial charge in [-0.05, 0) is 37.6 Å². The van der Waals surface area contributed by atoms with Crippen LogP contribution in [0.5, 0.6) is 0 Å². The molecule has 0 atom stereocenters. The van der Waals surface area contributed by atoms with Gasteiger partial charge >= 0.3 is 0 Å². The average Bonchev–Trinajstić information content (AvgIpc) is 2.35. The number of halogens is 1. The third-order valence-electron chi connectivity index (χ3n) is 3.96. The number of hydrogen-bond acceptors (Lipinski definition) is 2. The monoisotopic (exact) mass is 309 g/mol. The van der Waals surface area contributed by atoms with Crippen molar-refractivity contribution in [2.24, 2.45) is 11.1 Å². The molecule has 0 amide bonds. The Morgan fingerprint density at radius 2 is 2.00 bits per heavy atom. The lowest BCUT2D eigenvalue weighted by Crippen LogP contribution is -2.44. The first-order valence-corrected chi connectivity index (χ1v) is 7.11. The topological polar surface area (TPSA) is 53.1 Å². The molecule has 1 aromatic rings. The van der Waals surface area contributed by atoms with E-state index in [1.54, 1.807) is 0 Å². The summed E-state index contributed by atoms with van der Waals surface area (Å²) in [6, 6.07) is 8.35. The van der Waals surface area contributed by atoms with Crippen molar-refractivity contribution >= 4 is 21.8 Å². The van der Waals surface area contributed by atoms with Crippen molar-refractivity contribution in [1.29, 1.82) is 5.41 Å². The Balaban J connectivity index is 1.95. The predicted molar refractivity (Wildman–Crippen MR) is 78.7 cm³/mol. The summed E-state index contributed by atoms with van der Waals surface area (Å²) in [5.41, 5.74) is 6.91. The van der Waals surface area contributed by atoms with Gasteiger partial charge in [-0.1, -0.05) is 41.1 Å². The summed E-state index contributed by atoms with van der Waals surface area (Å²) in [6.45, 7) is 5.09. The van der Waals surface area contributed by atoms with E-state index in [0.717, 1.165) is 32.5 Å². The van der Waals surface area contributed by atoms with Crippen LogP contribution in [0.15, 0.2) is 28.7 Å². The van der Waals surface area contributed by atoms with Crippen molar-refractivity contribution < 1.29 is 0 Å². The van der Waals surface area contributed by atoms with Gasteiger partial charge in [0.2, 0.25) is 0 Å². The number of benzene rings is 1. The van der Waals surface area contributed by atoms with Gasteiger partial charge in [0.15, 0.2) is 0 Å². The van der Waals surface area contributed by atoms with Crippen molar-refractivity contribution in [1.82, 2.24) is 4.90 Å². The molecule has 0 aliphatic carbocycles. The van der Waals surface area contributed by atoms with Crippen molar-refractivity contribution in [2.75, 3.05) is 13.1 Å². The molecule has 98 valence electrons. The van der Waals surface area contributed by atoms with Gasteiger partial charge in [-0.3, -0.25) is 10.3 Å². The number of rotatable bonds is 3. The van der Waals surface area contributed by atoms with Crippen LogP contribution >= 0.6 is 15.9 Å². The van der Waals surface area contributed by atoms with Gasteiger partial charge in [0.25, 0.3) is 0 Å². The Labute approximate surface area is 117 Å². The zero-order valence-electron chi connectivity index (χ0n) is 10.7. The highest BCUT2D eigenvalue weighted by molar-refractivity contribution is 9.10. The van der Waals surface area contributed by atoms with Gasteiger partial charge in [-0.15, -0.1) is 0 Å². The molecule has 1 saturated heterocycles. The average molecular weight is 310 g/mol. The summed E-state index contributed by atoms with van der Waals surface area (Å²) in [5.74, 6) is 0.336. The Kier molecular flexibility index (Phi) is 4.07. The van der Waals surface area contributed by atoms with Crippen LogP contribution in [0.2, 0.25) is 0 Å². The highest BCUT2D eigenvalue weighted by Crippen LogP contribution is 2.31. The molecule has 1 aliphatic heterocycles. The van der Waals surface area contributed by atoms with Crippen molar-refractivity contribution in [2.45, 2.75) is 26.3 Å². The van der Waals surface area contributed by atoms with Gasteiger partial charge in [0.1, 0.15) is 0 Å². The second kappa shape index (κ2) is 5.41. The lowest BCUT2D eigenvalue weighted by molar-refractivity contribution is 0.156. The Morgan fingerprint density at radius 3 is 2.56 bits per heavy atom.